The number of aliphatic hydroxyl groups excluding tert-OH is 1. The van der Waals surface area contributed by atoms with Crippen LogP contribution in [-0.2, 0) is 12.5 Å². The average molecular weight is 560 g/mol. The third-order valence-corrected chi connectivity index (χ3v) is 8.73. The Morgan fingerprint density at radius 2 is 1.59 bits per heavy atom. The summed E-state index contributed by atoms with van der Waals surface area (Å²) >= 11 is 0. The quantitative estimate of drug-likeness (QED) is 0.389. The van der Waals surface area contributed by atoms with E-state index in [1.807, 2.05) is 29.8 Å². The smallest absolute Gasteiger partial charge is 0.254 e. The second-order valence-electron chi connectivity index (χ2n) is 10.9. The first-order chi connectivity index (χ1) is 19.8. The van der Waals surface area contributed by atoms with Crippen molar-refractivity contribution in [3.8, 4) is 5.75 Å². The van der Waals surface area contributed by atoms with Gasteiger partial charge < -0.3 is 24.2 Å². The van der Waals surface area contributed by atoms with Crippen LogP contribution in [-0.4, -0.2) is 64.6 Å². The monoisotopic (exact) mass is 559 g/mol. The van der Waals surface area contributed by atoms with Crippen LogP contribution in [0.25, 0.3) is 10.9 Å². The van der Waals surface area contributed by atoms with Gasteiger partial charge in [-0.15, -0.1) is 0 Å². The molecule has 1 spiro atoms. The Bertz CT molecular complexity index is 1660. The van der Waals surface area contributed by atoms with Gasteiger partial charge in [0.1, 0.15) is 17.4 Å². The molecule has 41 heavy (non-hydrogen) atoms. The molecule has 0 aliphatic carbocycles. The highest BCUT2D eigenvalue weighted by atomic mass is 19.1. The van der Waals surface area contributed by atoms with Crippen molar-refractivity contribution in [2.45, 2.75) is 24.3 Å². The minimum absolute atomic E-state index is 0.209. The third-order valence-electron chi connectivity index (χ3n) is 8.73. The average Bonchev–Trinajstić information content (AvgIpc) is 3.29. The number of aliphatic hydroxyl groups is 1. The maximum atomic E-state index is 14.1. The number of fused-ring (bicyclic) bond motifs is 4. The van der Waals surface area contributed by atoms with E-state index in [-0.39, 0.29) is 24.0 Å². The van der Waals surface area contributed by atoms with Gasteiger partial charge in [0.05, 0.1) is 25.3 Å². The summed E-state index contributed by atoms with van der Waals surface area (Å²) in [5.41, 5.74) is 2.75. The van der Waals surface area contributed by atoms with Crippen LogP contribution >= 0.6 is 0 Å². The largest absolute Gasteiger partial charge is 0.497 e. The first-order valence-electron chi connectivity index (χ1n) is 13.7. The lowest BCUT2D eigenvalue weighted by atomic mass is 9.68. The number of ether oxygens (including phenoxy) is 1. The Morgan fingerprint density at radius 3 is 2.17 bits per heavy atom. The summed E-state index contributed by atoms with van der Waals surface area (Å²) in [5.74, 6) is -0.888. The molecule has 0 unspecified atom stereocenters. The normalized spacial score (nSPS) is 18.0. The molecule has 1 fully saturated rings. The Balaban J connectivity index is 1.45. The molecule has 0 bridgehead atoms. The lowest BCUT2D eigenvalue weighted by molar-refractivity contribution is 0.0317. The van der Waals surface area contributed by atoms with E-state index >= 15 is 0 Å². The maximum Gasteiger partial charge on any atom is 0.254 e. The Kier molecular flexibility index (Phi) is 6.77. The molecule has 9 heteroatoms. The zero-order chi connectivity index (χ0) is 28.9. The predicted molar refractivity (Wildman–Crippen MR) is 150 cm³/mol. The van der Waals surface area contributed by atoms with Gasteiger partial charge in [0, 0.05) is 60.4 Å². The summed E-state index contributed by atoms with van der Waals surface area (Å²) in [4.78, 5) is 30.5. The SMILES string of the molecule is COc1ccc2c3c(n(C)c2c1)[C@H](CO)N(C(=O)c1cccc(F)c1)CC31CCN(C(=O)c2cccc(F)c2)CC1. The molecule has 6 rings (SSSR count). The van der Waals surface area contributed by atoms with Crippen molar-refractivity contribution in [2.24, 2.45) is 7.05 Å². The molecule has 1 N–H and O–H groups in total. The minimum atomic E-state index is -0.651. The summed E-state index contributed by atoms with van der Waals surface area (Å²) in [5, 5.41) is 11.7. The molecule has 1 aromatic heterocycles. The molecule has 2 amide bonds. The Labute approximate surface area is 236 Å². The van der Waals surface area contributed by atoms with E-state index in [9.17, 15) is 23.5 Å². The zero-order valence-corrected chi connectivity index (χ0v) is 22.9. The number of aromatic nitrogens is 1. The molecule has 7 nitrogen and oxygen atoms in total. The van der Waals surface area contributed by atoms with E-state index in [4.69, 9.17) is 4.74 Å². The van der Waals surface area contributed by atoms with Crippen LogP contribution in [0.15, 0.2) is 66.7 Å². The number of amides is 2. The number of likely N-dealkylation sites (tertiary alicyclic amines) is 1. The van der Waals surface area contributed by atoms with Gasteiger partial charge in [-0.3, -0.25) is 9.59 Å². The van der Waals surface area contributed by atoms with Crippen LogP contribution < -0.4 is 4.74 Å². The van der Waals surface area contributed by atoms with Gasteiger partial charge in [-0.1, -0.05) is 12.1 Å². The van der Waals surface area contributed by atoms with Gasteiger partial charge in [-0.2, -0.15) is 0 Å². The fourth-order valence-corrected chi connectivity index (χ4v) is 6.71. The molecule has 212 valence electrons. The van der Waals surface area contributed by atoms with E-state index in [1.54, 1.807) is 29.0 Å². The van der Waals surface area contributed by atoms with E-state index < -0.39 is 23.1 Å². The standard InChI is InChI=1S/C32H31F2N3O4/c1-35-26-17-24(41-2)9-10-25(26)28-29(35)27(18-38)37(31(40)21-6-4-8-23(34)16-21)19-32(28)11-13-36(14-12-32)30(39)20-5-3-7-22(33)15-20/h3-10,15-17,27,38H,11-14,18-19H2,1-2H3/t27-/m0/s1. The first kappa shape index (κ1) is 27.0. The van der Waals surface area contributed by atoms with Crippen LogP contribution in [0.2, 0.25) is 0 Å². The molecule has 1 atom stereocenters. The number of benzene rings is 3. The Hall–Kier alpha value is -4.24. The molecular formula is C32H31F2N3O4. The number of halogens is 2. The lowest BCUT2D eigenvalue weighted by Crippen LogP contribution is -2.56. The summed E-state index contributed by atoms with van der Waals surface area (Å²) in [6.45, 7) is 0.809. The van der Waals surface area contributed by atoms with Crippen molar-refractivity contribution in [3.63, 3.8) is 0 Å². The second-order valence-corrected chi connectivity index (χ2v) is 10.9. The minimum Gasteiger partial charge on any atom is -0.497 e. The van der Waals surface area contributed by atoms with Crippen LogP contribution in [0.1, 0.15) is 50.9 Å². The number of aryl methyl sites for hydroxylation is 1. The highest BCUT2D eigenvalue weighted by molar-refractivity contribution is 5.96. The number of carbonyl (C=O) groups is 2. The first-order valence-corrected chi connectivity index (χ1v) is 13.7. The van der Waals surface area contributed by atoms with Gasteiger partial charge in [0.15, 0.2) is 0 Å². The van der Waals surface area contributed by atoms with Gasteiger partial charge in [-0.05, 0) is 66.9 Å². The lowest BCUT2D eigenvalue weighted by Gasteiger charge is -2.50. The second kappa shape index (κ2) is 10.3. The number of rotatable bonds is 4. The highest BCUT2D eigenvalue weighted by Crippen LogP contribution is 2.50. The number of hydrogen-bond donors (Lipinski definition) is 1. The van der Waals surface area contributed by atoms with Crippen LogP contribution in [0.3, 0.4) is 0 Å². The summed E-state index contributed by atoms with van der Waals surface area (Å²) in [6.07, 6.45) is 1.11. The molecule has 4 aromatic rings. The number of hydrogen-bond acceptors (Lipinski definition) is 4. The molecule has 0 saturated carbocycles. The van der Waals surface area contributed by atoms with Gasteiger partial charge in [0.25, 0.3) is 11.8 Å². The van der Waals surface area contributed by atoms with Crippen molar-refractivity contribution >= 4 is 22.7 Å². The third kappa shape index (κ3) is 4.44. The van der Waals surface area contributed by atoms with Crippen molar-refractivity contribution in [1.82, 2.24) is 14.4 Å². The molecular weight excluding hydrogens is 528 g/mol. The van der Waals surface area contributed by atoms with Crippen LogP contribution in [0.4, 0.5) is 8.78 Å². The van der Waals surface area contributed by atoms with Crippen LogP contribution in [0, 0.1) is 11.6 Å². The summed E-state index contributed by atoms with van der Waals surface area (Å²) in [7, 11) is 3.52. The highest BCUT2D eigenvalue weighted by Gasteiger charge is 2.50. The van der Waals surface area contributed by atoms with Crippen molar-refractivity contribution in [3.05, 3.63) is 101 Å². The molecule has 3 heterocycles. The summed E-state index contributed by atoms with van der Waals surface area (Å²) in [6, 6.07) is 16.5. The van der Waals surface area contributed by atoms with E-state index in [0.29, 0.717) is 43.8 Å². The van der Waals surface area contributed by atoms with Crippen molar-refractivity contribution in [1.29, 1.82) is 0 Å². The van der Waals surface area contributed by atoms with Crippen molar-refractivity contribution < 1.29 is 28.2 Å². The van der Waals surface area contributed by atoms with Gasteiger partial charge in [-0.25, -0.2) is 8.78 Å². The Morgan fingerprint density at radius 1 is 0.951 bits per heavy atom. The number of piperidine rings is 1. The fourth-order valence-electron chi connectivity index (χ4n) is 6.71. The predicted octanol–water partition coefficient (Wildman–Crippen LogP) is 4.83. The topological polar surface area (TPSA) is 75.0 Å². The van der Waals surface area contributed by atoms with Gasteiger partial charge in [0.2, 0.25) is 0 Å². The number of carbonyl (C=O) groups excluding carboxylic acids is 2. The molecule has 1 saturated heterocycles. The fraction of sp³-hybridized carbons (Fsp3) is 0.312. The molecule has 2 aliphatic rings. The zero-order valence-electron chi connectivity index (χ0n) is 22.9. The van der Waals surface area contributed by atoms with Gasteiger partial charge >= 0.3 is 0 Å². The van der Waals surface area contributed by atoms with Crippen molar-refractivity contribution in [2.75, 3.05) is 33.4 Å². The molecule has 2 aliphatic heterocycles. The maximum absolute atomic E-state index is 14.1. The number of methoxy groups -OCH3 is 1. The van der Waals surface area contributed by atoms with E-state index in [1.165, 1.54) is 36.4 Å². The van der Waals surface area contributed by atoms with E-state index in [2.05, 4.69) is 0 Å². The van der Waals surface area contributed by atoms with E-state index in [0.717, 1.165) is 22.2 Å². The molecule has 0 radical (unpaired) electrons. The van der Waals surface area contributed by atoms with Crippen LogP contribution in [0.5, 0.6) is 5.75 Å². The summed E-state index contributed by atoms with van der Waals surface area (Å²) < 4.78 is 35.5. The molecule has 3 aromatic carbocycles. The number of nitrogens with zero attached hydrogens (tertiary/aromatic N) is 3.